The van der Waals surface area contributed by atoms with Crippen molar-refractivity contribution in [3.8, 4) is 0 Å². The summed E-state index contributed by atoms with van der Waals surface area (Å²) in [5, 5.41) is 3.02. The largest absolute Gasteiger partial charge is 0.321 e. The highest BCUT2D eigenvalue weighted by atomic mass is 79.9. The number of halogens is 1. The fourth-order valence-electron chi connectivity index (χ4n) is 2.92. The van der Waals surface area contributed by atoms with Gasteiger partial charge >= 0.3 is 0 Å². The number of nitrogens with one attached hydrogen (secondary N) is 1. The van der Waals surface area contributed by atoms with E-state index in [-0.39, 0.29) is 28.2 Å². The van der Waals surface area contributed by atoms with E-state index in [1.807, 2.05) is 18.2 Å². The number of sulfonamides is 1. The van der Waals surface area contributed by atoms with Crippen molar-refractivity contribution >= 4 is 37.5 Å². The summed E-state index contributed by atoms with van der Waals surface area (Å²) in [6.45, 7) is 8.32. The van der Waals surface area contributed by atoms with Crippen molar-refractivity contribution in [3.63, 3.8) is 0 Å². The molecule has 0 bridgehead atoms. The Labute approximate surface area is 176 Å². The number of hydrogen-bond donors (Lipinski definition) is 1. The summed E-state index contributed by atoms with van der Waals surface area (Å²) in [5.74, 6) is 0.143. The molecule has 0 unspecified atom stereocenters. The van der Waals surface area contributed by atoms with E-state index in [2.05, 4.69) is 48.9 Å². The molecule has 0 aliphatic carbocycles. The highest BCUT2D eigenvalue weighted by Gasteiger charge is 2.23. The van der Waals surface area contributed by atoms with E-state index >= 15 is 0 Å². The van der Waals surface area contributed by atoms with Gasteiger partial charge in [-0.1, -0.05) is 45.9 Å². The first-order valence-electron chi connectivity index (χ1n) is 9.13. The molecule has 28 heavy (non-hydrogen) atoms. The van der Waals surface area contributed by atoms with Crippen molar-refractivity contribution < 1.29 is 13.2 Å². The summed E-state index contributed by atoms with van der Waals surface area (Å²) in [6.07, 6.45) is 0. The predicted molar refractivity (Wildman–Crippen MR) is 118 cm³/mol. The summed E-state index contributed by atoms with van der Waals surface area (Å²) in [5.41, 5.74) is 3.20. The smallest absolute Gasteiger partial charge is 0.255 e. The molecule has 0 aliphatic heterocycles. The fraction of sp³-hybridized carbons (Fsp3) is 0.381. The van der Waals surface area contributed by atoms with Gasteiger partial charge in [0.1, 0.15) is 0 Å². The highest BCUT2D eigenvalue weighted by molar-refractivity contribution is 9.10. The first-order valence-corrected chi connectivity index (χ1v) is 11.4. The second kappa shape index (κ2) is 8.76. The number of hydrogen-bond acceptors (Lipinski definition) is 3. The minimum atomic E-state index is -3.67. The minimum absolute atomic E-state index is 0.0615. The van der Waals surface area contributed by atoms with E-state index in [0.29, 0.717) is 4.47 Å². The maximum Gasteiger partial charge on any atom is 0.255 e. The molecule has 0 fully saturated rings. The van der Waals surface area contributed by atoms with Crippen molar-refractivity contribution in [2.45, 2.75) is 44.4 Å². The molecule has 0 saturated carbocycles. The second-order valence-corrected chi connectivity index (χ2v) is 10.5. The van der Waals surface area contributed by atoms with Crippen molar-refractivity contribution in [2.75, 3.05) is 19.4 Å². The molecule has 2 aromatic carbocycles. The molecule has 0 heterocycles. The van der Waals surface area contributed by atoms with E-state index in [0.717, 1.165) is 21.1 Å². The molecule has 0 atom stereocenters. The zero-order valence-corrected chi connectivity index (χ0v) is 19.5. The number of para-hydroxylation sites is 1. The highest BCUT2D eigenvalue weighted by Crippen LogP contribution is 2.33. The number of benzene rings is 2. The second-order valence-electron chi connectivity index (χ2n) is 7.51. The molecule has 0 saturated heterocycles. The Morgan fingerprint density at radius 2 is 1.54 bits per heavy atom. The molecule has 1 N–H and O–H groups in total. The van der Waals surface area contributed by atoms with Gasteiger partial charge in [0, 0.05) is 29.8 Å². The Bertz CT molecular complexity index is 957. The number of nitrogens with zero attached hydrogens (tertiary/aromatic N) is 1. The zero-order valence-electron chi connectivity index (χ0n) is 17.1. The quantitative estimate of drug-likeness (QED) is 0.635. The third-order valence-electron chi connectivity index (χ3n) is 4.56. The van der Waals surface area contributed by atoms with E-state index < -0.39 is 10.0 Å². The summed E-state index contributed by atoms with van der Waals surface area (Å²) in [4.78, 5) is 13.1. The average Bonchev–Trinajstić information content (AvgIpc) is 2.61. The summed E-state index contributed by atoms with van der Waals surface area (Å²) >= 11 is 3.27. The summed E-state index contributed by atoms with van der Waals surface area (Å²) < 4.78 is 26.6. The van der Waals surface area contributed by atoms with Gasteiger partial charge < -0.3 is 5.32 Å². The van der Waals surface area contributed by atoms with Crippen LogP contribution in [0.4, 0.5) is 5.69 Å². The third-order valence-corrected chi connectivity index (χ3v) is 7.37. The Balaban J connectivity index is 2.50. The Morgan fingerprint density at radius 3 is 2.00 bits per heavy atom. The van der Waals surface area contributed by atoms with E-state index in [1.54, 1.807) is 12.1 Å². The summed E-state index contributed by atoms with van der Waals surface area (Å²) in [7, 11) is -0.752. The van der Waals surface area contributed by atoms with Crippen LogP contribution in [0.3, 0.4) is 0 Å². The first-order chi connectivity index (χ1) is 13.0. The van der Waals surface area contributed by atoms with Gasteiger partial charge in [-0.25, -0.2) is 12.7 Å². The molecular weight excluding hydrogens is 440 g/mol. The maximum absolute atomic E-state index is 13.0. The monoisotopic (exact) mass is 466 g/mol. The van der Waals surface area contributed by atoms with Gasteiger partial charge in [0.25, 0.3) is 5.91 Å². The number of carbonyl (C=O) groups excluding carboxylic acids is 1. The van der Waals surface area contributed by atoms with Gasteiger partial charge in [-0.15, -0.1) is 0 Å². The van der Waals surface area contributed by atoms with Crippen LogP contribution in [-0.4, -0.2) is 32.7 Å². The van der Waals surface area contributed by atoms with Crippen molar-refractivity contribution in [3.05, 3.63) is 57.6 Å². The van der Waals surface area contributed by atoms with Crippen LogP contribution in [0.15, 0.2) is 45.8 Å². The Morgan fingerprint density at radius 1 is 1.00 bits per heavy atom. The van der Waals surface area contributed by atoms with Crippen LogP contribution in [0.5, 0.6) is 0 Å². The normalized spacial score (nSPS) is 12.1. The van der Waals surface area contributed by atoms with Gasteiger partial charge in [-0.2, -0.15) is 0 Å². The summed E-state index contributed by atoms with van der Waals surface area (Å²) in [6, 6.07) is 10.6. The molecule has 1 amide bonds. The van der Waals surface area contributed by atoms with E-state index in [4.69, 9.17) is 0 Å². The number of anilines is 1. The molecule has 0 aliphatic rings. The number of carbonyl (C=O) groups is 1. The van der Waals surface area contributed by atoms with Crippen LogP contribution in [-0.2, 0) is 10.0 Å². The Kier molecular flexibility index (Phi) is 7.07. The number of rotatable bonds is 6. The van der Waals surface area contributed by atoms with Gasteiger partial charge in [-0.05, 0) is 57.1 Å². The maximum atomic E-state index is 13.0. The molecule has 7 heteroatoms. The van der Waals surface area contributed by atoms with Crippen LogP contribution in [0.1, 0.15) is 61.0 Å². The molecule has 2 aromatic rings. The lowest BCUT2D eigenvalue weighted by Gasteiger charge is -2.20. The molecule has 5 nitrogen and oxygen atoms in total. The van der Waals surface area contributed by atoms with E-state index in [1.165, 1.54) is 20.2 Å². The lowest BCUT2D eigenvalue weighted by atomic mass is 9.92. The van der Waals surface area contributed by atoms with Crippen LogP contribution >= 0.6 is 15.9 Å². The molecule has 0 aromatic heterocycles. The third kappa shape index (κ3) is 4.64. The van der Waals surface area contributed by atoms with Crippen LogP contribution in [0.2, 0.25) is 0 Å². The van der Waals surface area contributed by atoms with Crippen molar-refractivity contribution in [1.82, 2.24) is 4.31 Å². The molecule has 152 valence electrons. The van der Waals surface area contributed by atoms with Crippen LogP contribution in [0.25, 0.3) is 0 Å². The van der Waals surface area contributed by atoms with Crippen molar-refractivity contribution in [2.24, 2.45) is 0 Å². The van der Waals surface area contributed by atoms with Gasteiger partial charge in [0.15, 0.2) is 0 Å². The molecular formula is C21H27BrN2O3S. The lowest BCUT2D eigenvalue weighted by molar-refractivity contribution is 0.102. The van der Waals surface area contributed by atoms with Gasteiger partial charge in [-0.3, -0.25) is 4.79 Å². The predicted octanol–water partition coefficient (Wildman–Crippen LogP) is 5.20. The SMILES string of the molecule is CC(C)c1cccc(C(C)C)c1NC(=O)c1ccc(Br)c(S(=O)(=O)N(C)C)c1. The van der Waals surface area contributed by atoms with Gasteiger partial charge in [0.2, 0.25) is 10.0 Å². The standard InChI is InChI=1S/C21H27BrN2O3S/c1-13(2)16-8-7-9-17(14(3)4)20(16)23-21(25)15-10-11-18(22)19(12-15)28(26,27)24(5)6/h7-14H,1-6H3,(H,23,25). The zero-order chi connectivity index (χ0) is 21.2. The average molecular weight is 467 g/mol. The Hall–Kier alpha value is -1.70. The van der Waals surface area contributed by atoms with Crippen LogP contribution < -0.4 is 5.32 Å². The molecule has 0 radical (unpaired) electrons. The first kappa shape index (κ1) is 22.6. The van der Waals surface area contributed by atoms with E-state index in [9.17, 15) is 13.2 Å². The fourth-order valence-corrected chi connectivity index (χ4v) is 4.76. The molecule has 2 rings (SSSR count). The number of amides is 1. The molecule has 0 spiro atoms. The van der Waals surface area contributed by atoms with Crippen LogP contribution in [0, 0.1) is 0 Å². The minimum Gasteiger partial charge on any atom is -0.321 e. The topological polar surface area (TPSA) is 66.5 Å². The van der Waals surface area contributed by atoms with Crippen molar-refractivity contribution in [1.29, 1.82) is 0 Å². The van der Waals surface area contributed by atoms with Gasteiger partial charge in [0.05, 0.1) is 4.90 Å². The lowest BCUT2D eigenvalue weighted by Crippen LogP contribution is -2.23.